The first-order chi connectivity index (χ1) is 13.8. The van der Waals surface area contributed by atoms with Crippen molar-refractivity contribution in [3.05, 3.63) is 60.2 Å². The summed E-state index contributed by atoms with van der Waals surface area (Å²) < 4.78 is 38.6. The van der Waals surface area contributed by atoms with Crippen LogP contribution in [0, 0.1) is 6.92 Å². The van der Waals surface area contributed by atoms with E-state index in [0.717, 1.165) is 34.6 Å². The normalized spacial score (nSPS) is 14.6. The van der Waals surface area contributed by atoms with Gasteiger partial charge < -0.3 is 15.3 Å². The number of rotatable bonds is 4. The third-order valence-electron chi connectivity index (χ3n) is 4.56. The Morgan fingerprint density at radius 2 is 1.90 bits per heavy atom. The summed E-state index contributed by atoms with van der Waals surface area (Å²) in [5, 5.41) is 12.3. The summed E-state index contributed by atoms with van der Waals surface area (Å²) in [5.41, 5.74) is 3.11. The number of benzene rings is 1. The molecule has 0 spiro atoms. The van der Waals surface area contributed by atoms with Crippen LogP contribution in [0.4, 0.5) is 30.5 Å². The lowest BCUT2D eigenvalue weighted by molar-refractivity contribution is -0.141. The maximum Gasteiger partial charge on any atom is 0.433 e. The van der Waals surface area contributed by atoms with Gasteiger partial charge in [-0.1, -0.05) is 6.07 Å². The Kier molecular flexibility index (Phi) is 4.83. The minimum Gasteiger partial charge on any atom is -0.389 e. The molecule has 0 radical (unpaired) electrons. The van der Waals surface area contributed by atoms with Crippen molar-refractivity contribution < 1.29 is 18.3 Å². The third-order valence-corrected chi connectivity index (χ3v) is 4.56. The lowest BCUT2D eigenvalue weighted by Crippen LogP contribution is -2.50. The molecule has 3 aromatic rings. The van der Waals surface area contributed by atoms with Crippen molar-refractivity contribution in [2.45, 2.75) is 19.2 Å². The van der Waals surface area contributed by atoms with Gasteiger partial charge in [0.2, 0.25) is 5.95 Å². The minimum atomic E-state index is -4.53. The van der Waals surface area contributed by atoms with Gasteiger partial charge in [0.15, 0.2) is 0 Å². The summed E-state index contributed by atoms with van der Waals surface area (Å²) in [7, 11) is 0. The zero-order chi connectivity index (χ0) is 20.6. The Balaban J connectivity index is 1.61. The number of aromatic nitrogens is 3. The van der Waals surface area contributed by atoms with Gasteiger partial charge in [-0.15, -0.1) is 0 Å². The van der Waals surface area contributed by atoms with Gasteiger partial charge in [-0.3, -0.25) is 4.98 Å². The molecule has 2 aromatic heterocycles. The van der Waals surface area contributed by atoms with E-state index < -0.39 is 11.9 Å². The first-order valence-electron chi connectivity index (χ1n) is 8.95. The molecule has 0 atom stereocenters. The van der Waals surface area contributed by atoms with Crippen molar-refractivity contribution in [3.8, 4) is 11.1 Å². The first-order valence-corrected chi connectivity index (χ1v) is 8.95. The molecule has 6 nitrogen and oxygen atoms in total. The molecule has 0 aliphatic carbocycles. The molecule has 4 rings (SSSR count). The third kappa shape index (κ3) is 4.29. The fourth-order valence-electron chi connectivity index (χ4n) is 3.15. The molecule has 1 saturated heterocycles. The molecule has 0 amide bonds. The highest BCUT2D eigenvalue weighted by Gasteiger charge is 2.32. The summed E-state index contributed by atoms with van der Waals surface area (Å²) in [6.45, 7) is 3.03. The maximum atomic E-state index is 12.9. The number of anilines is 3. The summed E-state index contributed by atoms with van der Waals surface area (Å²) in [6.07, 6.45) is -0.321. The van der Waals surface area contributed by atoms with Gasteiger partial charge in [0.1, 0.15) is 5.69 Å². The monoisotopic (exact) mass is 401 g/mol. The average Bonchev–Trinajstić information content (AvgIpc) is 2.65. The van der Waals surface area contributed by atoms with Gasteiger partial charge in [0.05, 0.1) is 18.0 Å². The van der Waals surface area contributed by atoms with Crippen molar-refractivity contribution >= 4 is 17.3 Å². The molecule has 29 heavy (non-hydrogen) atoms. The number of alkyl halides is 3. The molecule has 9 heteroatoms. The van der Waals surface area contributed by atoms with E-state index in [2.05, 4.69) is 20.3 Å². The second-order valence-electron chi connectivity index (χ2n) is 6.97. The number of nitrogens with zero attached hydrogens (tertiary/aromatic N) is 4. The van der Waals surface area contributed by atoms with Gasteiger partial charge in [0.25, 0.3) is 0 Å². The minimum absolute atomic E-state index is 0.127. The summed E-state index contributed by atoms with van der Waals surface area (Å²) in [6, 6.07) is 8.37. The summed E-state index contributed by atoms with van der Waals surface area (Å²) in [4.78, 5) is 13.7. The highest BCUT2D eigenvalue weighted by molar-refractivity contribution is 5.73. The van der Waals surface area contributed by atoms with Crippen LogP contribution in [0.2, 0.25) is 0 Å². The quantitative estimate of drug-likeness (QED) is 0.693. The molecular weight excluding hydrogens is 383 g/mol. The first kappa shape index (κ1) is 19.1. The predicted octanol–water partition coefficient (Wildman–Crippen LogP) is 3.79. The van der Waals surface area contributed by atoms with Crippen LogP contribution in [0.25, 0.3) is 11.1 Å². The number of β-amino-alcohol motifs (C(OH)–C–C–N with tert-alkyl or cyclic N) is 1. The summed E-state index contributed by atoms with van der Waals surface area (Å²) >= 11 is 0. The van der Waals surface area contributed by atoms with Crippen LogP contribution in [0.3, 0.4) is 0 Å². The highest BCUT2D eigenvalue weighted by atomic mass is 19.4. The van der Waals surface area contributed by atoms with Crippen LogP contribution in [0.1, 0.15) is 11.3 Å². The van der Waals surface area contributed by atoms with E-state index in [1.807, 2.05) is 30.0 Å². The van der Waals surface area contributed by atoms with Gasteiger partial charge in [-0.05, 0) is 42.3 Å². The van der Waals surface area contributed by atoms with Gasteiger partial charge >= 0.3 is 6.18 Å². The summed E-state index contributed by atoms with van der Waals surface area (Å²) in [5.74, 6) is -0.127. The van der Waals surface area contributed by atoms with Crippen molar-refractivity contribution in [1.82, 2.24) is 15.0 Å². The largest absolute Gasteiger partial charge is 0.433 e. The van der Waals surface area contributed by atoms with Crippen molar-refractivity contribution in [1.29, 1.82) is 0 Å². The predicted molar refractivity (Wildman–Crippen MR) is 103 cm³/mol. The van der Waals surface area contributed by atoms with E-state index >= 15 is 0 Å². The Labute approximate surface area is 165 Å². The van der Waals surface area contributed by atoms with E-state index in [0.29, 0.717) is 18.8 Å². The zero-order valence-electron chi connectivity index (χ0n) is 15.5. The zero-order valence-corrected chi connectivity index (χ0v) is 15.5. The molecule has 2 N–H and O–H groups in total. The number of aliphatic hydroxyl groups excluding tert-OH is 1. The van der Waals surface area contributed by atoms with E-state index in [9.17, 15) is 18.3 Å². The van der Waals surface area contributed by atoms with Crippen LogP contribution in [0.5, 0.6) is 0 Å². The van der Waals surface area contributed by atoms with Crippen molar-refractivity contribution in [2.24, 2.45) is 0 Å². The highest BCUT2D eigenvalue weighted by Crippen LogP contribution is 2.31. The van der Waals surface area contributed by atoms with Crippen LogP contribution in [-0.4, -0.2) is 39.3 Å². The fourth-order valence-corrected chi connectivity index (χ4v) is 3.15. The topological polar surface area (TPSA) is 74.2 Å². The second-order valence-corrected chi connectivity index (χ2v) is 6.97. The standard InChI is InChI=1S/C20H18F3N5O/c1-12-4-13(14-7-16(9-24-8-14)28-10-17(29)11-28)6-15(5-12)26-19-25-3-2-18(27-19)20(21,22)23/h2-9,17,29H,10-11H2,1H3,(H,25,26,27). The number of halogens is 3. The molecule has 0 unspecified atom stereocenters. The van der Waals surface area contributed by atoms with Gasteiger partial charge in [0, 0.05) is 36.7 Å². The van der Waals surface area contributed by atoms with E-state index in [1.54, 1.807) is 18.5 Å². The number of hydrogen-bond donors (Lipinski definition) is 2. The molecule has 1 aliphatic heterocycles. The number of aryl methyl sites for hydroxylation is 1. The fraction of sp³-hybridized carbons (Fsp3) is 0.250. The Morgan fingerprint density at radius 1 is 1.10 bits per heavy atom. The van der Waals surface area contributed by atoms with Crippen molar-refractivity contribution in [3.63, 3.8) is 0 Å². The molecule has 150 valence electrons. The lowest BCUT2D eigenvalue weighted by Gasteiger charge is -2.37. The molecule has 0 saturated carbocycles. The Bertz CT molecular complexity index is 1030. The Hall–Kier alpha value is -3.20. The van der Waals surface area contributed by atoms with Gasteiger partial charge in [-0.25, -0.2) is 9.97 Å². The molecule has 3 heterocycles. The number of pyridine rings is 1. The molecule has 1 fully saturated rings. The number of aliphatic hydroxyl groups is 1. The number of nitrogens with one attached hydrogen (secondary N) is 1. The van der Waals surface area contributed by atoms with Crippen molar-refractivity contribution in [2.75, 3.05) is 23.3 Å². The van der Waals surface area contributed by atoms with Crippen LogP contribution in [0.15, 0.2) is 48.9 Å². The molecule has 1 aliphatic rings. The smallest absolute Gasteiger partial charge is 0.389 e. The maximum absolute atomic E-state index is 12.9. The number of hydrogen-bond acceptors (Lipinski definition) is 6. The van der Waals surface area contributed by atoms with E-state index in [1.165, 1.54) is 0 Å². The van der Waals surface area contributed by atoms with E-state index in [4.69, 9.17) is 0 Å². The van der Waals surface area contributed by atoms with Crippen LogP contribution in [-0.2, 0) is 6.18 Å². The average molecular weight is 401 g/mol. The molecule has 1 aromatic carbocycles. The molecule has 0 bridgehead atoms. The molecular formula is C20H18F3N5O. The second kappa shape index (κ2) is 7.32. The lowest BCUT2D eigenvalue weighted by atomic mass is 10.0. The van der Waals surface area contributed by atoms with Crippen LogP contribution >= 0.6 is 0 Å². The SMILES string of the molecule is Cc1cc(Nc2nccc(C(F)(F)F)n2)cc(-c2cncc(N3CC(O)C3)c2)c1. The van der Waals surface area contributed by atoms with Gasteiger partial charge in [-0.2, -0.15) is 13.2 Å². The van der Waals surface area contributed by atoms with Crippen LogP contribution < -0.4 is 10.2 Å². The Morgan fingerprint density at radius 3 is 2.62 bits per heavy atom. The van der Waals surface area contributed by atoms with E-state index in [-0.39, 0.29) is 12.1 Å².